The zero-order chi connectivity index (χ0) is 17.2. The van der Waals surface area contributed by atoms with E-state index in [1.807, 2.05) is 31.2 Å². The molecular weight excluding hydrogens is 332 g/mol. The number of hydrogen-bond donors (Lipinski definition) is 1. The maximum atomic E-state index is 12.6. The van der Waals surface area contributed by atoms with Gasteiger partial charge in [0.25, 0.3) is 5.91 Å². The fraction of sp³-hybridized carbons (Fsp3) is 0.316. The van der Waals surface area contributed by atoms with E-state index in [0.29, 0.717) is 0 Å². The molecular formula is C19H20N4OS. The SMILES string of the molecule is C[C@@H](NC(=O)c1cc2c(s1)CCCC2)c1ccc(-n2cncn2)cc1. The van der Waals surface area contributed by atoms with Gasteiger partial charge in [0.05, 0.1) is 16.6 Å². The summed E-state index contributed by atoms with van der Waals surface area (Å²) in [6, 6.07) is 10.0. The van der Waals surface area contributed by atoms with E-state index in [1.54, 1.807) is 22.3 Å². The van der Waals surface area contributed by atoms with Crippen LogP contribution in [0.2, 0.25) is 0 Å². The summed E-state index contributed by atoms with van der Waals surface area (Å²) >= 11 is 1.65. The number of fused-ring (bicyclic) bond motifs is 1. The van der Waals surface area contributed by atoms with Gasteiger partial charge in [0.2, 0.25) is 0 Å². The Labute approximate surface area is 150 Å². The van der Waals surface area contributed by atoms with Crippen molar-refractivity contribution in [1.82, 2.24) is 20.1 Å². The molecule has 6 heteroatoms. The molecule has 2 heterocycles. The second-order valence-corrected chi connectivity index (χ2v) is 7.53. The number of nitrogens with zero attached hydrogens (tertiary/aromatic N) is 3. The summed E-state index contributed by atoms with van der Waals surface area (Å²) in [5.74, 6) is 0.0206. The zero-order valence-electron chi connectivity index (χ0n) is 14.1. The molecule has 0 spiro atoms. The third-order valence-electron chi connectivity index (χ3n) is 4.64. The van der Waals surface area contributed by atoms with Gasteiger partial charge in [-0.3, -0.25) is 4.79 Å². The highest BCUT2D eigenvalue weighted by molar-refractivity contribution is 7.14. The molecule has 3 aromatic rings. The molecule has 1 amide bonds. The van der Waals surface area contributed by atoms with E-state index < -0.39 is 0 Å². The van der Waals surface area contributed by atoms with Crippen LogP contribution in [0.25, 0.3) is 5.69 Å². The largest absolute Gasteiger partial charge is 0.345 e. The molecule has 1 aliphatic carbocycles. The highest BCUT2D eigenvalue weighted by atomic mass is 32.1. The van der Waals surface area contributed by atoms with Crippen LogP contribution in [0.1, 0.15) is 51.5 Å². The van der Waals surface area contributed by atoms with Crippen molar-refractivity contribution in [3.63, 3.8) is 0 Å². The van der Waals surface area contributed by atoms with Crippen molar-refractivity contribution in [1.29, 1.82) is 0 Å². The molecule has 1 atom stereocenters. The maximum Gasteiger partial charge on any atom is 0.261 e. The Morgan fingerprint density at radius 2 is 2.04 bits per heavy atom. The van der Waals surface area contributed by atoms with Crippen molar-refractivity contribution in [3.8, 4) is 5.69 Å². The average Bonchev–Trinajstić information content (AvgIpc) is 3.31. The lowest BCUT2D eigenvalue weighted by molar-refractivity contribution is 0.0944. The predicted molar refractivity (Wildman–Crippen MR) is 98.2 cm³/mol. The van der Waals surface area contributed by atoms with Crippen molar-refractivity contribution >= 4 is 17.2 Å². The number of rotatable bonds is 4. The first kappa shape index (κ1) is 16.0. The molecule has 2 aromatic heterocycles. The first-order valence-electron chi connectivity index (χ1n) is 8.58. The Kier molecular flexibility index (Phi) is 4.36. The number of aromatic nitrogens is 3. The van der Waals surface area contributed by atoms with Crippen molar-refractivity contribution in [2.75, 3.05) is 0 Å². The van der Waals surface area contributed by atoms with Crippen LogP contribution in [0.15, 0.2) is 43.0 Å². The zero-order valence-corrected chi connectivity index (χ0v) is 14.9. The second-order valence-electron chi connectivity index (χ2n) is 6.39. The van der Waals surface area contributed by atoms with Crippen LogP contribution < -0.4 is 5.32 Å². The Bertz CT molecular complexity index is 844. The molecule has 0 saturated heterocycles. The van der Waals surface area contributed by atoms with E-state index >= 15 is 0 Å². The highest BCUT2D eigenvalue weighted by Gasteiger charge is 2.18. The maximum absolute atomic E-state index is 12.6. The Hall–Kier alpha value is -2.47. The lowest BCUT2D eigenvalue weighted by atomic mass is 9.99. The van der Waals surface area contributed by atoms with E-state index in [0.717, 1.165) is 29.0 Å². The topological polar surface area (TPSA) is 59.8 Å². The smallest absolute Gasteiger partial charge is 0.261 e. The summed E-state index contributed by atoms with van der Waals surface area (Å²) in [5.41, 5.74) is 3.38. The molecule has 0 aliphatic heterocycles. The van der Waals surface area contributed by atoms with Gasteiger partial charge in [-0.2, -0.15) is 5.10 Å². The summed E-state index contributed by atoms with van der Waals surface area (Å²) < 4.78 is 1.71. The molecule has 128 valence electrons. The average molecular weight is 352 g/mol. The summed E-state index contributed by atoms with van der Waals surface area (Å²) in [7, 11) is 0. The van der Waals surface area contributed by atoms with Gasteiger partial charge in [0.15, 0.2) is 0 Å². The third-order valence-corrected chi connectivity index (χ3v) is 5.88. The minimum absolute atomic E-state index is 0.0206. The predicted octanol–water partition coefficient (Wildman–Crippen LogP) is 3.70. The molecule has 0 unspecified atom stereocenters. The van der Waals surface area contributed by atoms with E-state index in [-0.39, 0.29) is 11.9 Å². The fourth-order valence-electron chi connectivity index (χ4n) is 3.21. The molecule has 0 saturated carbocycles. The van der Waals surface area contributed by atoms with Crippen molar-refractivity contribution in [2.24, 2.45) is 0 Å². The van der Waals surface area contributed by atoms with Gasteiger partial charge in [0, 0.05) is 4.88 Å². The number of hydrogen-bond acceptors (Lipinski definition) is 4. The van der Waals surface area contributed by atoms with Crippen LogP contribution in [0.4, 0.5) is 0 Å². The number of carbonyl (C=O) groups excluding carboxylic acids is 1. The Morgan fingerprint density at radius 3 is 2.76 bits per heavy atom. The normalized spacial score (nSPS) is 14.8. The van der Waals surface area contributed by atoms with Gasteiger partial charge in [-0.25, -0.2) is 9.67 Å². The quantitative estimate of drug-likeness (QED) is 0.779. The number of amides is 1. The molecule has 5 nitrogen and oxygen atoms in total. The summed E-state index contributed by atoms with van der Waals surface area (Å²) in [6.07, 6.45) is 7.88. The molecule has 4 rings (SSSR count). The summed E-state index contributed by atoms with van der Waals surface area (Å²) in [4.78, 5) is 18.8. The Morgan fingerprint density at radius 1 is 1.24 bits per heavy atom. The van der Waals surface area contributed by atoms with Gasteiger partial charge in [-0.05, 0) is 61.9 Å². The monoisotopic (exact) mass is 352 g/mol. The number of thiophene rings is 1. The van der Waals surface area contributed by atoms with Crippen LogP contribution >= 0.6 is 11.3 Å². The molecule has 0 fully saturated rings. The van der Waals surface area contributed by atoms with Crippen LogP contribution in [-0.2, 0) is 12.8 Å². The molecule has 1 aliphatic rings. The standard InChI is InChI=1S/C19H20N4OS/c1-13(14-6-8-16(9-7-14)23-12-20-11-21-23)22-19(24)18-10-15-4-2-3-5-17(15)25-18/h6-13H,2-5H2,1H3,(H,22,24)/t13-/m1/s1. The minimum atomic E-state index is -0.0450. The van der Waals surface area contributed by atoms with E-state index in [2.05, 4.69) is 21.5 Å². The van der Waals surface area contributed by atoms with Gasteiger partial charge < -0.3 is 5.32 Å². The van der Waals surface area contributed by atoms with E-state index in [1.165, 1.54) is 29.6 Å². The van der Waals surface area contributed by atoms with Crippen molar-refractivity contribution < 1.29 is 4.79 Å². The molecule has 25 heavy (non-hydrogen) atoms. The van der Waals surface area contributed by atoms with Crippen LogP contribution in [0, 0.1) is 0 Å². The lowest BCUT2D eigenvalue weighted by Crippen LogP contribution is -2.25. The van der Waals surface area contributed by atoms with E-state index in [4.69, 9.17) is 0 Å². The number of nitrogens with one attached hydrogen (secondary N) is 1. The van der Waals surface area contributed by atoms with Crippen LogP contribution in [0.3, 0.4) is 0 Å². The first-order chi connectivity index (χ1) is 12.2. The first-order valence-corrected chi connectivity index (χ1v) is 9.40. The minimum Gasteiger partial charge on any atom is -0.345 e. The van der Waals surface area contributed by atoms with Crippen molar-refractivity contribution in [3.05, 3.63) is 63.9 Å². The molecule has 0 radical (unpaired) electrons. The lowest BCUT2D eigenvalue weighted by Gasteiger charge is -2.14. The van der Waals surface area contributed by atoms with Gasteiger partial charge in [-0.1, -0.05) is 12.1 Å². The van der Waals surface area contributed by atoms with E-state index in [9.17, 15) is 4.79 Å². The van der Waals surface area contributed by atoms with Gasteiger partial charge in [0.1, 0.15) is 12.7 Å². The summed E-state index contributed by atoms with van der Waals surface area (Å²) in [5, 5.41) is 7.23. The molecule has 1 aromatic carbocycles. The number of carbonyl (C=O) groups is 1. The fourth-order valence-corrected chi connectivity index (χ4v) is 4.37. The number of aryl methyl sites for hydroxylation is 2. The van der Waals surface area contributed by atoms with Crippen LogP contribution in [0.5, 0.6) is 0 Å². The number of benzene rings is 1. The highest BCUT2D eigenvalue weighted by Crippen LogP contribution is 2.30. The molecule has 0 bridgehead atoms. The third kappa shape index (κ3) is 3.35. The van der Waals surface area contributed by atoms with Crippen molar-refractivity contribution in [2.45, 2.75) is 38.6 Å². The van der Waals surface area contributed by atoms with Crippen LogP contribution in [-0.4, -0.2) is 20.7 Å². The molecule has 1 N–H and O–H groups in total. The van der Waals surface area contributed by atoms with Gasteiger partial charge in [-0.15, -0.1) is 11.3 Å². The summed E-state index contributed by atoms with van der Waals surface area (Å²) in [6.45, 7) is 2.01. The van der Waals surface area contributed by atoms with Gasteiger partial charge >= 0.3 is 0 Å². The Balaban J connectivity index is 1.45. The second kappa shape index (κ2) is 6.80.